The van der Waals surface area contributed by atoms with E-state index in [2.05, 4.69) is 10.6 Å². The first kappa shape index (κ1) is 31.8. The molecule has 0 unspecified atom stereocenters. The number of nitrogens with zero attached hydrogens (tertiary/aromatic N) is 1. The molecule has 1 saturated carbocycles. The fraction of sp³-hybridized carbons (Fsp3) is 0.394. The third-order valence-corrected chi connectivity index (χ3v) is 8.50. The number of carbonyl (C=O) groups is 2. The highest BCUT2D eigenvalue weighted by molar-refractivity contribution is 5.97. The molecular formula is C33H31F8N3O2. The Bertz CT molecular complexity index is 1620. The molecule has 1 aliphatic heterocycles. The predicted octanol–water partition coefficient (Wildman–Crippen LogP) is 8.67. The minimum Gasteiger partial charge on any atom is -0.382 e. The molecule has 13 heteroatoms. The summed E-state index contributed by atoms with van der Waals surface area (Å²) in [5.41, 5.74) is -2.01. The maximum atomic E-state index is 14.8. The highest BCUT2D eigenvalue weighted by atomic mass is 19.4. The van der Waals surface area contributed by atoms with Crippen LogP contribution in [0, 0.1) is 30.4 Å². The average Bonchev–Trinajstić information content (AvgIpc) is 3.42. The second kappa shape index (κ2) is 12.9. The molecule has 2 fully saturated rings. The Morgan fingerprint density at radius 2 is 1.50 bits per heavy atom. The maximum Gasteiger partial charge on any atom is 0.416 e. The van der Waals surface area contributed by atoms with Crippen molar-refractivity contribution < 1.29 is 46.1 Å². The molecule has 3 aromatic rings. The van der Waals surface area contributed by atoms with Gasteiger partial charge in [0.15, 0.2) is 0 Å². The number of hydrogen-bond acceptors (Lipinski definition) is 3. The molecule has 46 heavy (non-hydrogen) atoms. The van der Waals surface area contributed by atoms with Gasteiger partial charge in [0.05, 0.1) is 24.8 Å². The predicted molar refractivity (Wildman–Crippen MR) is 155 cm³/mol. The zero-order valence-corrected chi connectivity index (χ0v) is 24.5. The monoisotopic (exact) mass is 654 g/mol. The number of amides is 2. The van der Waals surface area contributed by atoms with Crippen molar-refractivity contribution in [1.82, 2.24) is 4.90 Å². The van der Waals surface area contributed by atoms with Crippen LogP contribution in [0.25, 0.3) is 0 Å². The number of rotatable bonds is 6. The summed E-state index contributed by atoms with van der Waals surface area (Å²) in [4.78, 5) is 28.1. The van der Waals surface area contributed by atoms with Crippen molar-refractivity contribution in [3.8, 4) is 0 Å². The first-order valence-electron chi connectivity index (χ1n) is 15.2. The average molecular weight is 655 g/mol. The zero-order valence-electron chi connectivity index (χ0n) is 25.5. The zero-order chi connectivity index (χ0) is 34.3. The molecule has 5 nitrogen and oxygen atoms in total. The van der Waals surface area contributed by atoms with Gasteiger partial charge >= 0.3 is 12.4 Å². The van der Waals surface area contributed by atoms with Crippen LogP contribution in [0.1, 0.15) is 66.6 Å². The lowest BCUT2D eigenvalue weighted by Crippen LogP contribution is -2.52. The van der Waals surface area contributed by atoms with Crippen molar-refractivity contribution in [3.63, 3.8) is 0 Å². The molecule has 0 spiro atoms. The molecule has 2 N–H and O–H groups in total. The van der Waals surface area contributed by atoms with Gasteiger partial charge in [-0.25, -0.2) is 8.78 Å². The summed E-state index contributed by atoms with van der Waals surface area (Å²) in [6.45, 7) is 0.168. The van der Waals surface area contributed by atoms with E-state index >= 15 is 0 Å². The van der Waals surface area contributed by atoms with Gasteiger partial charge in [-0.15, -0.1) is 0 Å². The van der Waals surface area contributed by atoms with Crippen molar-refractivity contribution in [2.75, 3.05) is 17.2 Å². The summed E-state index contributed by atoms with van der Waals surface area (Å²) in [5.74, 6) is -9.19. The summed E-state index contributed by atoms with van der Waals surface area (Å²) in [6.07, 6.45) is -7.71. The van der Waals surface area contributed by atoms with Crippen molar-refractivity contribution in [2.24, 2.45) is 11.8 Å². The van der Waals surface area contributed by atoms with Crippen LogP contribution in [-0.2, 0) is 11.0 Å². The first-order chi connectivity index (χ1) is 22.0. The number of aryl methyl sites for hydroxylation is 1. The molecule has 1 heterocycles. The third-order valence-electron chi connectivity index (χ3n) is 8.50. The fourth-order valence-corrected chi connectivity index (χ4v) is 6.17. The normalized spacial score (nSPS) is 21.9. The second-order valence-corrected chi connectivity index (χ2v) is 11.7. The van der Waals surface area contributed by atoms with Crippen LogP contribution in [0.15, 0.2) is 60.7 Å². The molecule has 0 aromatic heterocycles. The lowest BCUT2D eigenvalue weighted by atomic mass is 9.78. The molecule has 2 aliphatic rings. The first-order valence-corrected chi connectivity index (χ1v) is 14.7. The standard InChI is InChI=1S/C33H31F8N3O2/c1-18-9-12-23(16-25(18)33(39,40)41)43-30(45)24-15-20(32(36,37)38)17-44(31(46)28-26(34)7-4-8-27(28)35)29(24)19-10-13-22(14-11-19)42-21-5-2-3-6-21/h4,7-14,16,20-21,24,29,42H,2-3,5-6,15,17H2,1H3,(H,43,45)/t20-,24+,29+/m1/s1/i21D. The van der Waals surface area contributed by atoms with Gasteiger partial charge in [0.25, 0.3) is 5.91 Å². The van der Waals surface area contributed by atoms with E-state index in [1.54, 1.807) is 0 Å². The molecule has 246 valence electrons. The molecule has 0 radical (unpaired) electrons. The van der Waals surface area contributed by atoms with Crippen molar-refractivity contribution in [2.45, 2.75) is 63.4 Å². The molecule has 1 saturated heterocycles. The topological polar surface area (TPSA) is 61.4 Å². The van der Waals surface area contributed by atoms with Crippen molar-refractivity contribution in [3.05, 3.63) is 94.6 Å². The SMILES string of the molecule is [2H]C1(Nc2ccc([C@H]3[C@@H](C(=O)Nc4ccc(C)c(C(F)(F)F)c4)C[C@@H](C(F)(F)F)CN3C(=O)c3c(F)cccc3F)cc2)CCCC1. The smallest absolute Gasteiger partial charge is 0.382 e. The van der Waals surface area contributed by atoms with Crippen LogP contribution < -0.4 is 10.6 Å². The number of alkyl halides is 6. The Labute approximate surface area is 261 Å². The highest BCUT2D eigenvalue weighted by Gasteiger charge is 2.52. The van der Waals surface area contributed by atoms with Gasteiger partial charge in [-0.05, 0) is 73.7 Å². The summed E-state index contributed by atoms with van der Waals surface area (Å²) < 4.78 is 122. The van der Waals surface area contributed by atoms with Crippen molar-refractivity contribution in [1.29, 1.82) is 0 Å². The molecule has 0 bridgehead atoms. The van der Waals surface area contributed by atoms with Crippen molar-refractivity contribution >= 4 is 23.2 Å². The van der Waals surface area contributed by atoms with Gasteiger partial charge in [-0.1, -0.05) is 37.1 Å². The Balaban J connectivity index is 1.58. The van der Waals surface area contributed by atoms with Gasteiger partial charge in [0, 0.05) is 23.9 Å². The minimum absolute atomic E-state index is 0.145. The number of likely N-dealkylation sites (tertiary alicyclic amines) is 1. The number of nitrogens with one attached hydrogen (secondary N) is 2. The van der Waals surface area contributed by atoms with Gasteiger partial charge in [-0.3, -0.25) is 9.59 Å². The van der Waals surface area contributed by atoms with Gasteiger partial charge in [-0.2, -0.15) is 26.3 Å². The number of anilines is 2. The number of hydrogen-bond donors (Lipinski definition) is 2. The van der Waals surface area contributed by atoms with Crippen LogP contribution >= 0.6 is 0 Å². The Morgan fingerprint density at radius 1 is 0.891 bits per heavy atom. The van der Waals surface area contributed by atoms with Crippen LogP contribution in [0.3, 0.4) is 0 Å². The van der Waals surface area contributed by atoms with E-state index in [-0.39, 0.29) is 16.8 Å². The Kier molecular flexibility index (Phi) is 8.93. The van der Waals surface area contributed by atoms with E-state index in [1.807, 2.05) is 0 Å². The van der Waals surface area contributed by atoms with E-state index in [1.165, 1.54) is 37.3 Å². The summed E-state index contributed by atoms with van der Waals surface area (Å²) in [6, 6.07) is 8.94. The molecule has 2 amide bonds. The molecule has 1 aliphatic carbocycles. The number of benzene rings is 3. The van der Waals surface area contributed by atoms with E-state index < -0.39 is 83.8 Å². The summed E-state index contributed by atoms with van der Waals surface area (Å²) in [5, 5.41) is 5.38. The quantitative estimate of drug-likeness (QED) is 0.262. The molecule has 5 rings (SSSR count). The molecular weight excluding hydrogens is 622 g/mol. The second-order valence-electron chi connectivity index (χ2n) is 11.7. The lowest BCUT2D eigenvalue weighted by Gasteiger charge is -2.45. The largest absolute Gasteiger partial charge is 0.416 e. The summed E-state index contributed by atoms with van der Waals surface area (Å²) >= 11 is 0. The Hall–Kier alpha value is -4.16. The van der Waals surface area contributed by atoms with Crippen LogP contribution in [0.5, 0.6) is 0 Å². The number of piperidine rings is 1. The van der Waals surface area contributed by atoms with Crippen LogP contribution in [-0.4, -0.2) is 35.5 Å². The Morgan fingerprint density at radius 3 is 2.09 bits per heavy atom. The third kappa shape index (κ3) is 7.13. The van der Waals surface area contributed by atoms with Gasteiger partial charge in [0.1, 0.15) is 17.2 Å². The minimum atomic E-state index is -4.94. The number of carbonyl (C=O) groups excluding carboxylic acids is 2. The van der Waals surface area contributed by atoms with Crippen LogP contribution in [0.2, 0.25) is 0 Å². The van der Waals surface area contributed by atoms with Gasteiger partial charge in [0.2, 0.25) is 5.91 Å². The van der Waals surface area contributed by atoms with E-state index in [4.69, 9.17) is 1.37 Å². The lowest BCUT2D eigenvalue weighted by molar-refractivity contribution is -0.193. The highest BCUT2D eigenvalue weighted by Crippen LogP contribution is 2.45. The van der Waals surface area contributed by atoms with Crippen LogP contribution in [0.4, 0.5) is 46.5 Å². The van der Waals surface area contributed by atoms with E-state index in [9.17, 15) is 44.7 Å². The number of halogens is 8. The molecule has 3 aromatic carbocycles. The van der Waals surface area contributed by atoms with Gasteiger partial charge < -0.3 is 15.5 Å². The van der Waals surface area contributed by atoms with E-state index in [0.29, 0.717) is 29.5 Å². The fourth-order valence-electron chi connectivity index (χ4n) is 6.17. The molecule has 3 atom stereocenters. The maximum absolute atomic E-state index is 14.8. The van der Waals surface area contributed by atoms with E-state index in [0.717, 1.165) is 37.1 Å². The summed E-state index contributed by atoms with van der Waals surface area (Å²) in [7, 11) is 0.